The van der Waals surface area contributed by atoms with Gasteiger partial charge in [0, 0.05) is 36.1 Å². The highest BCUT2D eigenvalue weighted by Crippen LogP contribution is 2.32. The molecular formula is C21H25N5O2. The smallest absolute Gasteiger partial charge is 0.225 e. The maximum absolute atomic E-state index is 5.48. The Balaban J connectivity index is 1.99. The molecule has 0 aliphatic carbocycles. The Hall–Kier alpha value is -3.35. The van der Waals surface area contributed by atoms with Crippen molar-refractivity contribution in [3.8, 4) is 22.8 Å². The van der Waals surface area contributed by atoms with Gasteiger partial charge in [-0.3, -0.25) is 4.98 Å². The van der Waals surface area contributed by atoms with Crippen LogP contribution < -0.4 is 20.1 Å². The van der Waals surface area contributed by atoms with Crippen molar-refractivity contribution >= 4 is 17.5 Å². The molecule has 146 valence electrons. The second kappa shape index (κ2) is 9.03. The van der Waals surface area contributed by atoms with Gasteiger partial charge in [-0.25, -0.2) is 4.98 Å². The molecule has 3 aromatic rings. The Kier molecular flexibility index (Phi) is 6.26. The van der Waals surface area contributed by atoms with Gasteiger partial charge in [-0.2, -0.15) is 4.98 Å². The second-order valence-electron chi connectivity index (χ2n) is 6.34. The molecule has 0 amide bonds. The number of hydrogen-bond acceptors (Lipinski definition) is 7. The van der Waals surface area contributed by atoms with Gasteiger partial charge in [0.25, 0.3) is 0 Å². The maximum atomic E-state index is 5.48. The Bertz CT molecular complexity index is 918. The van der Waals surface area contributed by atoms with Crippen LogP contribution in [0.2, 0.25) is 0 Å². The first-order chi connectivity index (χ1) is 13.6. The first-order valence-corrected chi connectivity index (χ1v) is 9.18. The van der Waals surface area contributed by atoms with E-state index in [0.717, 1.165) is 29.1 Å². The molecule has 0 bridgehead atoms. The molecule has 7 nitrogen and oxygen atoms in total. The van der Waals surface area contributed by atoms with Crippen LogP contribution in [0.3, 0.4) is 0 Å². The topological polar surface area (TPSA) is 81.2 Å². The summed E-state index contributed by atoms with van der Waals surface area (Å²) in [5, 5.41) is 6.67. The van der Waals surface area contributed by atoms with E-state index in [-0.39, 0.29) is 6.04 Å². The number of hydrogen-bond donors (Lipinski definition) is 2. The number of pyridine rings is 1. The SMILES string of the molecule is CC[C@@H](C)Nc1nc(Nc2ccc(OC)cc2OC)cc(-c2ccncc2)n1. The molecule has 2 aromatic heterocycles. The molecule has 1 aromatic carbocycles. The zero-order chi connectivity index (χ0) is 19.9. The summed E-state index contributed by atoms with van der Waals surface area (Å²) in [4.78, 5) is 13.4. The lowest BCUT2D eigenvalue weighted by Crippen LogP contribution is -2.16. The molecule has 7 heteroatoms. The molecule has 3 rings (SSSR count). The van der Waals surface area contributed by atoms with Crippen LogP contribution in [-0.2, 0) is 0 Å². The highest BCUT2D eigenvalue weighted by Gasteiger charge is 2.11. The monoisotopic (exact) mass is 379 g/mol. The predicted octanol–water partition coefficient (Wildman–Crippen LogP) is 4.51. The summed E-state index contributed by atoms with van der Waals surface area (Å²) >= 11 is 0. The number of anilines is 3. The summed E-state index contributed by atoms with van der Waals surface area (Å²) in [5.74, 6) is 2.62. The summed E-state index contributed by atoms with van der Waals surface area (Å²) in [5.41, 5.74) is 2.56. The molecule has 0 spiro atoms. The van der Waals surface area contributed by atoms with Crippen LogP contribution in [0.1, 0.15) is 20.3 Å². The third-order valence-electron chi connectivity index (χ3n) is 4.36. The van der Waals surface area contributed by atoms with Crippen molar-refractivity contribution in [2.45, 2.75) is 26.3 Å². The highest BCUT2D eigenvalue weighted by atomic mass is 16.5. The van der Waals surface area contributed by atoms with E-state index in [1.807, 2.05) is 36.4 Å². The summed E-state index contributed by atoms with van der Waals surface area (Å²) in [7, 11) is 3.25. The van der Waals surface area contributed by atoms with Crippen LogP contribution in [0.15, 0.2) is 48.8 Å². The fourth-order valence-corrected chi connectivity index (χ4v) is 2.61. The molecule has 2 N–H and O–H groups in total. The Morgan fingerprint density at radius 2 is 1.79 bits per heavy atom. The van der Waals surface area contributed by atoms with Gasteiger partial charge in [0.2, 0.25) is 5.95 Å². The fraction of sp³-hybridized carbons (Fsp3) is 0.286. The molecule has 0 unspecified atom stereocenters. The van der Waals surface area contributed by atoms with Crippen LogP contribution in [0.5, 0.6) is 11.5 Å². The lowest BCUT2D eigenvalue weighted by Gasteiger charge is -2.16. The van der Waals surface area contributed by atoms with E-state index >= 15 is 0 Å². The minimum absolute atomic E-state index is 0.260. The molecule has 0 aliphatic heterocycles. The largest absolute Gasteiger partial charge is 0.497 e. The number of methoxy groups -OCH3 is 2. The maximum Gasteiger partial charge on any atom is 0.225 e. The van der Waals surface area contributed by atoms with E-state index in [0.29, 0.717) is 17.5 Å². The molecule has 0 radical (unpaired) electrons. The number of rotatable bonds is 8. The summed E-state index contributed by atoms with van der Waals surface area (Å²) in [6.07, 6.45) is 4.47. The molecule has 0 aliphatic rings. The predicted molar refractivity (Wildman–Crippen MR) is 111 cm³/mol. The van der Waals surface area contributed by atoms with Crippen LogP contribution >= 0.6 is 0 Å². The molecular weight excluding hydrogens is 354 g/mol. The van der Waals surface area contributed by atoms with Gasteiger partial charge in [-0.1, -0.05) is 6.92 Å². The van der Waals surface area contributed by atoms with E-state index in [9.17, 15) is 0 Å². The average molecular weight is 379 g/mol. The van der Waals surface area contributed by atoms with Crippen LogP contribution in [0.4, 0.5) is 17.5 Å². The second-order valence-corrected chi connectivity index (χ2v) is 6.34. The first kappa shape index (κ1) is 19.4. The lowest BCUT2D eigenvalue weighted by molar-refractivity contribution is 0.395. The summed E-state index contributed by atoms with van der Waals surface area (Å²) in [6, 6.07) is 11.6. The summed E-state index contributed by atoms with van der Waals surface area (Å²) in [6.45, 7) is 4.22. The van der Waals surface area contributed by atoms with Gasteiger partial charge in [-0.15, -0.1) is 0 Å². The van der Waals surface area contributed by atoms with Crippen LogP contribution in [0.25, 0.3) is 11.3 Å². The highest BCUT2D eigenvalue weighted by molar-refractivity contribution is 5.70. The van der Waals surface area contributed by atoms with Gasteiger partial charge < -0.3 is 20.1 Å². The number of benzene rings is 1. The number of aromatic nitrogens is 3. The van der Waals surface area contributed by atoms with Gasteiger partial charge in [0.15, 0.2) is 0 Å². The number of ether oxygens (including phenoxy) is 2. The molecule has 0 saturated carbocycles. The Morgan fingerprint density at radius 3 is 2.46 bits per heavy atom. The Labute approximate surface area is 165 Å². The van der Waals surface area contributed by atoms with E-state index in [1.165, 1.54) is 0 Å². The van der Waals surface area contributed by atoms with Gasteiger partial charge in [-0.05, 0) is 37.6 Å². The minimum atomic E-state index is 0.260. The lowest BCUT2D eigenvalue weighted by atomic mass is 10.2. The molecule has 1 atom stereocenters. The van der Waals surface area contributed by atoms with Crippen LogP contribution in [0, 0.1) is 0 Å². The first-order valence-electron chi connectivity index (χ1n) is 9.18. The standard InChI is InChI=1S/C21H25N5O2/c1-5-14(2)23-21-25-18(15-8-10-22-11-9-15)13-20(26-21)24-17-7-6-16(27-3)12-19(17)28-4/h6-14H,5H2,1-4H3,(H2,23,24,25,26)/t14-/m1/s1. The minimum Gasteiger partial charge on any atom is -0.497 e. The van der Waals surface area contributed by atoms with Crippen molar-refractivity contribution in [2.24, 2.45) is 0 Å². The third kappa shape index (κ3) is 4.68. The molecule has 2 heterocycles. The number of nitrogens with zero attached hydrogens (tertiary/aromatic N) is 3. The molecule has 0 saturated heterocycles. The van der Waals surface area contributed by atoms with Crippen molar-refractivity contribution in [3.63, 3.8) is 0 Å². The molecule has 0 fully saturated rings. The van der Waals surface area contributed by atoms with Crippen molar-refractivity contribution in [1.29, 1.82) is 0 Å². The fourth-order valence-electron chi connectivity index (χ4n) is 2.61. The van der Waals surface area contributed by atoms with Crippen LogP contribution in [-0.4, -0.2) is 35.2 Å². The van der Waals surface area contributed by atoms with E-state index in [2.05, 4.69) is 39.4 Å². The van der Waals surface area contributed by atoms with Crippen molar-refractivity contribution in [2.75, 3.05) is 24.9 Å². The zero-order valence-electron chi connectivity index (χ0n) is 16.6. The van der Waals surface area contributed by atoms with Gasteiger partial charge >= 0.3 is 0 Å². The van der Waals surface area contributed by atoms with Gasteiger partial charge in [0.1, 0.15) is 17.3 Å². The summed E-state index contributed by atoms with van der Waals surface area (Å²) < 4.78 is 10.7. The van der Waals surface area contributed by atoms with E-state index in [1.54, 1.807) is 26.6 Å². The average Bonchev–Trinajstić information content (AvgIpc) is 2.74. The molecule has 28 heavy (non-hydrogen) atoms. The van der Waals surface area contributed by atoms with E-state index in [4.69, 9.17) is 9.47 Å². The van der Waals surface area contributed by atoms with Crippen molar-refractivity contribution in [3.05, 3.63) is 48.8 Å². The van der Waals surface area contributed by atoms with E-state index < -0.39 is 0 Å². The zero-order valence-corrected chi connectivity index (χ0v) is 16.6. The number of nitrogens with one attached hydrogen (secondary N) is 2. The Morgan fingerprint density at radius 1 is 1.00 bits per heavy atom. The van der Waals surface area contributed by atoms with Gasteiger partial charge in [0.05, 0.1) is 25.6 Å². The normalized spacial score (nSPS) is 11.6. The van der Waals surface area contributed by atoms with Crippen molar-refractivity contribution < 1.29 is 9.47 Å². The quantitative estimate of drug-likeness (QED) is 0.596. The third-order valence-corrected chi connectivity index (χ3v) is 4.36. The van der Waals surface area contributed by atoms with Crippen molar-refractivity contribution in [1.82, 2.24) is 15.0 Å².